The second kappa shape index (κ2) is 9.88. The van der Waals surface area contributed by atoms with Gasteiger partial charge < -0.3 is 24.8 Å². The molecule has 2 aromatic carbocycles. The van der Waals surface area contributed by atoms with Crippen LogP contribution < -0.4 is 20.1 Å². The summed E-state index contributed by atoms with van der Waals surface area (Å²) in [6, 6.07) is 9.26. The Hall–Kier alpha value is -3.88. The Bertz CT molecular complexity index is 923. The lowest BCUT2D eigenvalue weighted by molar-refractivity contribution is -0.119. The highest BCUT2D eigenvalue weighted by molar-refractivity contribution is 6.03. The van der Waals surface area contributed by atoms with E-state index >= 15 is 0 Å². The van der Waals surface area contributed by atoms with Crippen molar-refractivity contribution >= 4 is 35.4 Å². The maximum Gasteiger partial charge on any atom is 0.343 e. The number of benzene rings is 2. The molecule has 0 atom stereocenters. The normalized spacial score (nSPS) is 9.90. The molecular weight excluding hydrogens is 380 g/mol. The Labute approximate surface area is 166 Å². The fourth-order valence-electron chi connectivity index (χ4n) is 2.49. The van der Waals surface area contributed by atoms with Crippen LogP contribution in [0.2, 0.25) is 0 Å². The smallest absolute Gasteiger partial charge is 0.343 e. The second-order valence-corrected chi connectivity index (χ2v) is 5.77. The van der Waals surface area contributed by atoms with Crippen molar-refractivity contribution < 1.29 is 33.4 Å². The van der Waals surface area contributed by atoms with Crippen molar-refractivity contribution in [2.45, 2.75) is 6.92 Å². The summed E-state index contributed by atoms with van der Waals surface area (Å²) in [4.78, 5) is 46.8. The Morgan fingerprint density at radius 1 is 0.931 bits per heavy atom. The highest BCUT2D eigenvalue weighted by atomic mass is 16.5. The van der Waals surface area contributed by atoms with Gasteiger partial charge in [0.1, 0.15) is 5.56 Å². The van der Waals surface area contributed by atoms with Crippen LogP contribution in [0.1, 0.15) is 27.6 Å². The van der Waals surface area contributed by atoms with Gasteiger partial charge in [-0.05, 0) is 36.4 Å². The Kier molecular flexibility index (Phi) is 7.30. The molecular formula is C20H20N2O7. The zero-order valence-corrected chi connectivity index (χ0v) is 16.1. The van der Waals surface area contributed by atoms with Gasteiger partial charge in [0, 0.05) is 23.9 Å². The Morgan fingerprint density at radius 2 is 1.55 bits per heavy atom. The number of carbonyl (C=O) groups excluding carboxylic acids is 4. The van der Waals surface area contributed by atoms with E-state index in [1.165, 1.54) is 33.3 Å². The molecule has 0 aliphatic heterocycles. The van der Waals surface area contributed by atoms with E-state index in [9.17, 15) is 19.2 Å². The number of hydrogen-bond acceptors (Lipinski definition) is 7. The number of methoxy groups -OCH3 is 2. The maximum atomic E-state index is 12.4. The molecule has 0 spiro atoms. The van der Waals surface area contributed by atoms with Crippen molar-refractivity contribution in [3.8, 4) is 11.5 Å². The molecule has 0 saturated heterocycles. The number of ether oxygens (including phenoxy) is 3. The van der Waals surface area contributed by atoms with Crippen molar-refractivity contribution in [2.75, 3.05) is 31.5 Å². The van der Waals surface area contributed by atoms with Gasteiger partial charge in [-0.15, -0.1) is 0 Å². The number of hydrogen-bond donors (Lipinski definition) is 2. The van der Waals surface area contributed by atoms with Gasteiger partial charge in [0.15, 0.2) is 24.4 Å². The molecule has 9 heteroatoms. The van der Waals surface area contributed by atoms with Crippen LogP contribution in [-0.2, 0) is 14.3 Å². The average Bonchev–Trinajstić information content (AvgIpc) is 2.71. The topological polar surface area (TPSA) is 120 Å². The lowest BCUT2D eigenvalue weighted by Gasteiger charge is -2.14. The van der Waals surface area contributed by atoms with Gasteiger partial charge in [0.2, 0.25) is 5.91 Å². The predicted octanol–water partition coefficient (Wildman–Crippen LogP) is 2.27. The van der Waals surface area contributed by atoms with Crippen LogP contribution in [0.25, 0.3) is 0 Å². The number of nitrogens with one attached hydrogen (secondary N) is 2. The fraction of sp³-hybridized carbons (Fsp3) is 0.200. The largest absolute Gasteiger partial charge is 0.493 e. The fourth-order valence-corrected chi connectivity index (χ4v) is 2.49. The van der Waals surface area contributed by atoms with Crippen LogP contribution in [0.5, 0.6) is 11.5 Å². The molecule has 0 radical (unpaired) electrons. The highest BCUT2D eigenvalue weighted by Crippen LogP contribution is 2.33. The van der Waals surface area contributed by atoms with E-state index in [4.69, 9.17) is 14.2 Å². The number of carbonyl (C=O) groups is 4. The van der Waals surface area contributed by atoms with Crippen LogP contribution in [0, 0.1) is 0 Å². The third-order valence-electron chi connectivity index (χ3n) is 3.73. The van der Waals surface area contributed by atoms with Gasteiger partial charge in [-0.25, -0.2) is 4.79 Å². The number of rotatable bonds is 8. The molecule has 2 N–H and O–H groups in total. The minimum Gasteiger partial charge on any atom is -0.493 e. The monoisotopic (exact) mass is 400 g/mol. The summed E-state index contributed by atoms with van der Waals surface area (Å²) in [6.45, 7) is 0.808. The van der Waals surface area contributed by atoms with Crippen LogP contribution in [-0.4, -0.2) is 44.9 Å². The molecule has 0 bridgehead atoms. The SMILES string of the molecule is COc1ccc(C=O)c(C(=O)OCC(=O)Nc2ccc(NC(C)=O)cc2)c1OC. The van der Waals surface area contributed by atoms with E-state index in [0.29, 0.717) is 17.7 Å². The number of amides is 2. The van der Waals surface area contributed by atoms with Crippen LogP contribution >= 0.6 is 0 Å². The third kappa shape index (κ3) is 5.55. The molecule has 0 fully saturated rings. The molecule has 2 rings (SSSR count). The number of esters is 1. The van der Waals surface area contributed by atoms with Crippen molar-refractivity contribution in [2.24, 2.45) is 0 Å². The minimum absolute atomic E-state index is 0.0380. The molecule has 0 aromatic heterocycles. The van der Waals surface area contributed by atoms with E-state index in [1.54, 1.807) is 24.3 Å². The lowest BCUT2D eigenvalue weighted by atomic mass is 10.1. The maximum absolute atomic E-state index is 12.4. The van der Waals surface area contributed by atoms with Gasteiger partial charge in [-0.2, -0.15) is 0 Å². The minimum atomic E-state index is -0.904. The van der Waals surface area contributed by atoms with Gasteiger partial charge in [-0.3, -0.25) is 14.4 Å². The quantitative estimate of drug-likeness (QED) is 0.515. The first-order valence-corrected chi connectivity index (χ1v) is 8.44. The standard InChI is InChI=1S/C20H20N2O7/c1-12(24)21-14-5-7-15(8-6-14)22-17(25)11-29-20(26)18-13(10-23)4-9-16(27-2)19(18)28-3/h4-10H,11H2,1-3H3,(H,21,24)(H,22,25). The molecule has 0 aliphatic carbocycles. The van der Waals surface area contributed by atoms with E-state index in [2.05, 4.69) is 10.6 Å². The van der Waals surface area contributed by atoms with Crippen molar-refractivity contribution in [1.82, 2.24) is 0 Å². The van der Waals surface area contributed by atoms with Crippen molar-refractivity contribution in [1.29, 1.82) is 0 Å². The molecule has 9 nitrogen and oxygen atoms in total. The molecule has 2 amide bonds. The lowest BCUT2D eigenvalue weighted by Crippen LogP contribution is -2.22. The van der Waals surface area contributed by atoms with E-state index in [-0.39, 0.29) is 28.5 Å². The van der Waals surface area contributed by atoms with Gasteiger partial charge >= 0.3 is 5.97 Å². The number of anilines is 2. The zero-order valence-electron chi connectivity index (χ0n) is 16.1. The van der Waals surface area contributed by atoms with E-state index in [0.717, 1.165) is 0 Å². The Balaban J connectivity index is 2.04. The molecule has 2 aromatic rings. The summed E-state index contributed by atoms with van der Waals surface area (Å²) in [5, 5.41) is 5.16. The first-order chi connectivity index (χ1) is 13.9. The molecule has 29 heavy (non-hydrogen) atoms. The molecule has 0 heterocycles. The molecule has 0 saturated carbocycles. The Morgan fingerprint density at radius 3 is 2.07 bits per heavy atom. The van der Waals surface area contributed by atoms with E-state index in [1.807, 2.05) is 0 Å². The highest BCUT2D eigenvalue weighted by Gasteiger charge is 2.23. The third-order valence-corrected chi connectivity index (χ3v) is 3.73. The molecule has 152 valence electrons. The summed E-state index contributed by atoms with van der Waals surface area (Å²) in [6.07, 6.45) is 0.481. The van der Waals surface area contributed by atoms with Crippen molar-refractivity contribution in [3.63, 3.8) is 0 Å². The summed E-state index contributed by atoms with van der Waals surface area (Å²) < 4.78 is 15.3. The first kappa shape index (κ1) is 21.4. The molecule has 0 unspecified atom stereocenters. The zero-order chi connectivity index (χ0) is 21.4. The van der Waals surface area contributed by atoms with Crippen LogP contribution in [0.4, 0.5) is 11.4 Å². The number of aldehydes is 1. The van der Waals surface area contributed by atoms with Gasteiger partial charge in [-0.1, -0.05) is 0 Å². The predicted molar refractivity (Wildman–Crippen MR) is 105 cm³/mol. The molecule has 0 aliphatic rings. The van der Waals surface area contributed by atoms with Crippen molar-refractivity contribution in [3.05, 3.63) is 47.5 Å². The summed E-state index contributed by atoms with van der Waals surface area (Å²) in [5.74, 6) is -1.42. The summed E-state index contributed by atoms with van der Waals surface area (Å²) in [7, 11) is 2.71. The average molecular weight is 400 g/mol. The summed E-state index contributed by atoms with van der Waals surface area (Å²) >= 11 is 0. The van der Waals surface area contributed by atoms with Crippen LogP contribution in [0.15, 0.2) is 36.4 Å². The van der Waals surface area contributed by atoms with Gasteiger partial charge in [0.25, 0.3) is 5.91 Å². The van der Waals surface area contributed by atoms with Crippen LogP contribution in [0.3, 0.4) is 0 Å². The summed E-state index contributed by atoms with van der Waals surface area (Å²) in [5.41, 5.74) is 0.942. The van der Waals surface area contributed by atoms with Gasteiger partial charge in [0.05, 0.1) is 14.2 Å². The van der Waals surface area contributed by atoms with E-state index < -0.39 is 18.5 Å². The second-order valence-electron chi connectivity index (χ2n) is 5.77. The first-order valence-electron chi connectivity index (χ1n) is 8.44.